The second kappa shape index (κ2) is 7.88. The van der Waals surface area contributed by atoms with Gasteiger partial charge in [0, 0.05) is 13.7 Å². The van der Waals surface area contributed by atoms with Gasteiger partial charge in [0.05, 0.1) is 6.61 Å². The molecule has 0 aromatic rings. The molecule has 0 aromatic heterocycles. The van der Waals surface area contributed by atoms with Gasteiger partial charge >= 0.3 is 0 Å². The first-order valence-electron chi connectivity index (χ1n) is 3.78. The van der Waals surface area contributed by atoms with Crippen LogP contribution < -0.4 is 5.32 Å². The van der Waals surface area contributed by atoms with Crippen LogP contribution >= 0.6 is 0 Å². The zero-order valence-corrected chi connectivity index (χ0v) is 7.39. The Balaban J connectivity index is 3.11. The Labute approximate surface area is 75.2 Å². The van der Waals surface area contributed by atoms with Crippen LogP contribution in [0.2, 0.25) is 0 Å². The number of hydrogen-bond acceptors (Lipinski definition) is 3. The second-order valence-corrected chi connectivity index (χ2v) is 2.25. The summed E-state index contributed by atoms with van der Waals surface area (Å²) in [4.78, 5) is 10.7. The molecule has 0 saturated carbocycles. The van der Waals surface area contributed by atoms with Crippen LogP contribution in [-0.4, -0.2) is 45.8 Å². The lowest BCUT2D eigenvalue weighted by atomic mass is 10.6. The van der Waals surface area contributed by atoms with Crippen molar-refractivity contribution in [1.82, 2.24) is 5.32 Å². The average Bonchev–Trinajstić information content (AvgIpc) is 2.03. The van der Waals surface area contributed by atoms with Crippen molar-refractivity contribution in [3.05, 3.63) is 0 Å². The normalized spacial score (nSPS) is 10.5. The number of methoxy groups -OCH3 is 1. The van der Waals surface area contributed by atoms with Gasteiger partial charge in [-0.1, -0.05) is 0 Å². The molecule has 0 fully saturated rings. The molecule has 0 saturated heterocycles. The van der Waals surface area contributed by atoms with E-state index >= 15 is 0 Å². The summed E-state index contributed by atoms with van der Waals surface area (Å²) in [5.74, 6) is -0.289. The van der Waals surface area contributed by atoms with Gasteiger partial charge in [-0.05, 0) is 0 Å². The topological polar surface area (TPSA) is 47.6 Å². The van der Waals surface area contributed by atoms with Gasteiger partial charge in [-0.15, -0.1) is 0 Å². The van der Waals surface area contributed by atoms with Gasteiger partial charge in [0.15, 0.2) is 0 Å². The number of ether oxygens (including phenoxy) is 2. The summed E-state index contributed by atoms with van der Waals surface area (Å²) in [7, 11) is 1.40. The number of alkyl halides is 2. The molecule has 0 heterocycles. The zero-order valence-electron chi connectivity index (χ0n) is 7.39. The molecule has 0 radical (unpaired) electrons. The molecule has 0 bridgehead atoms. The fourth-order valence-electron chi connectivity index (χ4n) is 0.617. The molecule has 0 spiro atoms. The van der Waals surface area contributed by atoms with Crippen molar-refractivity contribution in [2.24, 2.45) is 0 Å². The molecule has 0 aliphatic rings. The summed E-state index contributed by atoms with van der Waals surface area (Å²) >= 11 is 0. The van der Waals surface area contributed by atoms with E-state index in [0.717, 1.165) is 0 Å². The molecule has 0 rings (SSSR count). The third kappa shape index (κ3) is 9.16. The van der Waals surface area contributed by atoms with Crippen molar-refractivity contribution in [2.75, 3.05) is 33.5 Å². The maximum atomic E-state index is 11.5. The molecule has 1 amide bonds. The first-order chi connectivity index (χ1) is 6.16. The molecule has 78 valence electrons. The number of hydrogen-bond donors (Lipinski definition) is 1. The smallest absolute Gasteiger partial charge is 0.261 e. The van der Waals surface area contributed by atoms with Crippen molar-refractivity contribution in [3.63, 3.8) is 0 Å². The highest BCUT2D eigenvalue weighted by atomic mass is 19.3. The van der Waals surface area contributed by atoms with Gasteiger partial charge in [0.2, 0.25) is 5.91 Å². The van der Waals surface area contributed by atoms with Crippen LogP contribution in [0.4, 0.5) is 8.78 Å². The lowest BCUT2D eigenvalue weighted by Crippen LogP contribution is -2.30. The van der Waals surface area contributed by atoms with Crippen LogP contribution in [0.1, 0.15) is 0 Å². The quantitative estimate of drug-likeness (QED) is 0.586. The van der Waals surface area contributed by atoms with Crippen LogP contribution in [-0.2, 0) is 14.3 Å². The SMILES string of the molecule is COCC(=O)NCCOCC(F)F. The molecule has 0 aromatic carbocycles. The molecule has 0 aliphatic heterocycles. The summed E-state index contributed by atoms with van der Waals surface area (Å²) in [5.41, 5.74) is 0. The molecular formula is C7H13F2NO3. The van der Waals surface area contributed by atoms with E-state index in [1.807, 2.05) is 0 Å². The Bertz CT molecular complexity index is 144. The largest absolute Gasteiger partial charge is 0.375 e. The number of amides is 1. The minimum absolute atomic E-state index is 0.0329. The van der Waals surface area contributed by atoms with Crippen LogP contribution in [0.3, 0.4) is 0 Å². The third-order valence-electron chi connectivity index (χ3n) is 1.09. The highest BCUT2D eigenvalue weighted by Crippen LogP contribution is 1.91. The molecule has 1 N–H and O–H groups in total. The van der Waals surface area contributed by atoms with E-state index in [-0.39, 0.29) is 25.7 Å². The summed E-state index contributed by atoms with van der Waals surface area (Å²) in [6, 6.07) is 0. The third-order valence-corrected chi connectivity index (χ3v) is 1.09. The van der Waals surface area contributed by atoms with Gasteiger partial charge in [-0.3, -0.25) is 4.79 Å². The number of rotatable bonds is 7. The fourth-order valence-corrected chi connectivity index (χ4v) is 0.617. The molecule has 13 heavy (non-hydrogen) atoms. The van der Waals surface area contributed by atoms with E-state index in [4.69, 9.17) is 0 Å². The van der Waals surface area contributed by atoms with Crippen molar-refractivity contribution < 1.29 is 23.0 Å². The average molecular weight is 197 g/mol. The summed E-state index contributed by atoms with van der Waals surface area (Å²) in [6.45, 7) is -0.330. The van der Waals surface area contributed by atoms with Crippen molar-refractivity contribution in [2.45, 2.75) is 6.43 Å². The second-order valence-electron chi connectivity index (χ2n) is 2.25. The molecule has 0 aliphatic carbocycles. The van der Waals surface area contributed by atoms with Crippen molar-refractivity contribution >= 4 is 5.91 Å². The Kier molecular flexibility index (Phi) is 7.42. The summed E-state index contributed by atoms with van der Waals surface area (Å²) in [5, 5.41) is 2.42. The summed E-state index contributed by atoms with van der Waals surface area (Å²) < 4.78 is 32.1. The lowest BCUT2D eigenvalue weighted by molar-refractivity contribution is -0.125. The molecule has 0 unspecified atom stereocenters. The Morgan fingerprint density at radius 2 is 2.23 bits per heavy atom. The number of nitrogens with one attached hydrogen (secondary N) is 1. The van der Waals surface area contributed by atoms with Crippen molar-refractivity contribution in [3.8, 4) is 0 Å². The van der Waals surface area contributed by atoms with Gasteiger partial charge in [0.25, 0.3) is 6.43 Å². The number of carbonyl (C=O) groups excluding carboxylic acids is 1. The summed E-state index contributed by atoms with van der Waals surface area (Å²) in [6.07, 6.45) is -2.46. The van der Waals surface area contributed by atoms with E-state index in [1.54, 1.807) is 0 Å². The van der Waals surface area contributed by atoms with E-state index < -0.39 is 13.0 Å². The molecular weight excluding hydrogens is 184 g/mol. The predicted molar refractivity (Wildman–Crippen MR) is 41.7 cm³/mol. The zero-order chi connectivity index (χ0) is 10.1. The van der Waals surface area contributed by atoms with Crippen LogP contribution in [0.5, 0.6) is 0 Å². The van der Waals surface area contributed by atoms with E-state index in [9.17, 15) is 13.6 Å². The van der Waals surface area contributed by atoms with Gasteiger partial charge in [-0.2, -0.15) is 0 Å². The van der Waals surface area contributed by atoms with E-state index in [2.05, 4.69) is 14.8 Å². The van der Waals surface area contributed by atoms with Crippen molar-refractivity contribution in [1.29, 1.82) is 0 Å². The van der Waals surface area contributed by atoms with Gasteiger partial charge in [-0.25, -0.2) is 8.78 Å². The first kappa shape index (κ1) is 12.2. The highest BCUT2D eigenvalue weighted by Gasteiger charge is 2.02. The Hall–Kier alpha value is -0.750. The maximum absolute atomic E-state index is 11.5. The Morgan fingerprint density at radius 3 is 2.77 bits per heavy atom. The minimum Gasteiger partial charge on any atom is -0.375 e. The maximum Gasteiger partial charge on any atom is 0.261 e. The predicted octanol–water partition coefficient (Wildman–Crippen LogP) is 0.0307. The Morgan fingerprint density at radius 1 is 1.54 bits per heavy atom. The standard InChI is InChI=1S/C7H13F2NO3/c1-12-5-7(11)10-2-3-13-4-6(8)9/h6H,2-5H2,1H3,(H,10,11). The highest BCUT2D eigenvalue weighted by molar-refractivity contribution is 5.77. The van der Waals surface area contributed by atoms with Gasteiger partial charge < -0.3 is 14.8 Å². The monoisotopic (exact) mass is 197 g/mol. The number of carbonyl (C=O) groups is 1. The molecule has 0 atom stereocenters. The van der Waals surface area contributed by atoms with E-state index in [0.29, 0.717) is 0 Å². The molecule has 6 heteroatoms. The van der Waals surface area contributed by atoms with Gasteiger partial charge in [0.1, 0.15) is 13.2 Å². The van der Waals surface area contributed by atoms with Crippen LogP contribution in [0.25, 0.3) is 0 Å². The van der Waals surface area contributed by atoms with Crippen LogP contribution in [0.15, 0.2) is 0 Å². The number of halogens is 2. The molecule has 4 nitrogen and oxygen atoms in total. The minimum atomic E-state index is -2.46. The first-order valence-corrected chi connectivity index (χ1v) is 3.78. The van der Waals surface area contributed by atoms with E-state index in [1.165, 1.54) is 7.11 Å². The lowest BCUT2D eigenvalue weighted by Gasteiger charge is -2.04. The van der Waals surface area contributed by atoms with Crippen LogP contribution in [0, 0.1) is 0 Å². The fraction of sp³-hybridized carbons (Fsp3) is 0.857.